The summed E-state index contributed by atoms with van der Waals surface area (Å²) in [7, 11) is 0. The van der Waals surface area contributed by atoms with Crippen LogP contribution in [0.2, 0.25) is 0 Å². The molecule has 27 heavy (non-hydrogen) atoms. The first-order valence-electron chi connectivity index (χ1n) is 9.96. The van der Waals surface area contributed by atoms with Crippen LogP contribution in [0.25, 0.3) is 0 Å². The van der Waals surface area contributed by atoms with E-state index in [0.29, 0.717) is 0 Å². The van der Waals surface area contributed by atoms with Gasteiger partial charge in [-0.1, -0.05) is 13.8 Å². The molecule has 0 fully saturated rings. The lowest BCUT2D eigenvalue weighted by Gasteiger charge is -2.32. The van der Waals surface area contributed by atoms with Crippen molar-refractivity contribution >= 4 is 17.5 Å². The molecule has 1 aromatic heterocycles. The second-order valence-corrected chi connectivity index (χ2v) is 7.90. The van der Waals surface area contributed by atoms with Gasteiger partial charge in [0.1, 0.15) is 11.4 Å². The van der Waals surface area contributed by atoms with Gasteiger partial charge in [0.2, 0.25) is 0 Å². The van der Waals surface area contributed by atoms with Crippen molar-refractivity contribution in [3.8, 4) is 0 Å². The van der Waals surface area contributed by atoms with E-state index in [4.69, 9.17) is 4.74 Å². The number of carbonyl (C=O) groups is 1. The second-order valence-electron chi connectivity index (χ2n) is 7.90. The predicted octanol–water partition coefficient (Wildman–Crippen LogP) is 4.68. The van der Waals surface area contributed by atoms with Gasteiger partial charge in [0.25, 0.3) is 0 Å². The lowest BCUT2D eigenvalue weighted by molar-refractivity contribution is -0.161. The number of fused-ring (bicyclic) bond motifs is 1. The number of hydrogen-bond acceptors (Lipinski definition) is 5. The highest BCUT2D eigenvalue weighted by atomic mass is 16.6. The van der Waals surface area contributed by atoms with Crippen LogP contribution >= 0.6 is 0 Å². The number of anilines is 2. The minimum Gasteiger partial charge on any atom is -0.460 e. The van der Waals surface area contributed by atoms with E-state index >= 15 is 0 Å². The number of rotatable bonds is 7. The molecule has 0 aromatic carbocycles. The van der Waals surface area contributed by atoms with E-state index in [1.807, 2.05) is 27.0 Å². The third-order valence-corrected chi connectivity index (χ3v) is 4.77. The van der Waals surface area contributed by atoms with Gasteiger partial charge in [-0.15, -0.1) is 13.2 Å². The smallest absolute Gasteiger partial charge is 0.309 e. The van der Waals surface area contributed by atoms with Gasteiger partial charge in [-0.05, 0) is 52.5 Å². The Kier molecular flexibility index (Phi) is 8.80. The molecule has 0 radical (unpaired) electrons. The lowest BCUT2D eigenvalue weighted by Crippen LogP contribution is -2.37. The molecule has 152 valence electrons. The SMILES string of the molecule is C=C.CCC(C(=O)OC(C)(C)C)C(C)CN(CC)c1ccnc2c1CCN2. The summed E-state index contributed by atoms with van der Waals surface area (Å²) >= 11 is 0. The number of aromatic nitrogens is 1. The molecule has 0 saturated carbocycles. The molecule has 1 aliphatic heterocycles. The van der Waals surface area contributed by atoms with E-state index in [2.05, 4.69) is 55.2 Å². The van der Waals surface area contributed by atoms with E-state index in [9.17, 15) is 4.79 Å². The highest BCUT2D eigenvalue weighted by molar-refractivity contribution is 5.73. The van der Waals surface area contributed by atoms with Gasteiger partial charge in [0, 0.05) is 37.1 Å². The van der Waals surface area contributed by atoms with Crippen molar-refractivity contribution in [2.75, 3.05) is 29.9 Å². The molecule has 0 spiro atoms. The molecule has 0 aliphatic carbocycles. The van der Waals surface area contributed by atoms with Gasteiger partial charge < -0.3 is 15.0 Å². The molecule has 2 heterocycles. The molecular weight excluding hydrogens is 338 g/mol. The van der Waals surface area contributed by atoms with Gasteiger partial charge in [0.15, 0.2) is 0 Å². The fraction of sp³-hybridized carbons (Fsp3) is 0.636. The van der Waals surface area contributed by atoms with Crippen LogP contribution in [0.4, 0.5) is 11.5 Å². The van der Waals surface area contributed by atoms with Gasteiger partial charge in [-0.2, -0.15) is 0 Å². The molecule has 1 N–H and O–H groups in total. The normalized spacial score (nSPS) is 14.9. The van der Waals surface area contributed by atoms with Crippen LogP contribution < -0.4 is 10.2 Å². The van der Waals surface area contributed by atoms with Crippen molar-refractivity contribution in [2.45, 2.75) is 60.0 Å². The summed E-state index contributed by atoms with van der Waals surface area (Å²) in [6.45, 7) is 20.8. The summed E-state index contributed by atoms with van der Waals surface area (Å²) in [5.41, 5.74) is 2.09. The number of nitrogens with zero attached hydrogens (tertiary/aromatic N) is 2. The van der Waals surface area contributed by atoms with E-state index in [1.165, 1.54) is 11.3 Å². The van der Waals surface area contributed by atoms with Crippen LogP contribution in [0.5, 0.6) is 0 Å². The molecule has 1 aromatic rings. The predicted molar refractivity (Wildman–Crippen MR) is 114 cm³/mol. The van der Waals surface area contributed by atoms with E-state index in [1.54, 1.807) is 0 Å². The van der Waals surface area contributed by atoms with Crippen molar-refractivity contribution in [1.29, 1.82) is 0 Å². The molecule has 1 aliphatic rings. The first-order valence-corrected chi connectivity index (χ1v) is 9.96. The molecule has 5 heteroatoms. The standard InChI is InChI=1S/C20H33N3O2.C2H4/c1-7-15(19(24)25-20(4,5)6)14(3)13-23(8-2)17-10-12-22-18-16(17)9-11-21-18;1-2/h10,12,14-15H,7-9,11,13H2,1-6H3,(H,21,22);1-2H2. The van der Waals surface area contributed by atoms with Crippen LogP contribution in [0, 0.1) is 11.8 Å². The number of hydrogen-bond donors (Lipinski definition) is 1. The minimum absolute atomic E-state index is 0.0821. The van der Waals surface area contributed by atoms with Crippen molar-refractivity contribution in [3.05, 3.63) is 31.0 Å². The average molecular weight is 376 g/mol. The Balaban J connectivity index is 0.00000176. The molecular formula is C22H37N3O2. The molecule has 2 unspecified atom stereocenters. The van der Waals surface area contributed by atoms with E-state index in [-0.39, 0.29) is 17.8 Å². The molecule has 0 bridgehead atoms. The Morgan fingerprint density at radius 1 is 1.37 bits per heavy atom. The van der Waals surface area contributed by atoms with Gasteiger partial charge >= 0.3 is 5.97 Å². The van der Waals surface area contributed by atoms with Crippen molar-refractivity contribution in [2.24, 2.45) is 11.8 Å². The molecule has 0 saturated heterocycles. The number of nitrogens with one attached hydrogen (secondary N) is 1. The van der Waals surface area contributed by atoms with Gasteiger partial charge in [-0.3, -0.25) is 4.79 Å². The maximum Gasteiger partial charge on any atom is 0.309 e. The second kappa shape index (κ2) is 10.3. The zero-order valence-corrected chi connectivity index (χ0v) is 18.0. The monoisotopic (exact) mass is 375 g/mol. The summed E-state index contributed by atoms with van der Waals surface area (Å²) in [5.74, 6) is 1.06. The Hall–Kier alpha value is -2.04. The summed E-state index contributed by atoms with van der Waals surface area (Å²) in [4.78, 5) is 19.4. The molecule has 5 nitrogen and oxygen atoms in total. The fourth-order valence-corrected chi connectivity index (χ4v) is 3.53. The Morgan fingerprint density at radius 3 is 2.59 bits per heavy atom. The number of pyridine rings is 1. The molecule has 0 amide bonds. The van der Waals surface area contributed by atoms with Crippen LogP contribution in [0.3, 0.4) is 0 Å². The lowest BCUT2D eigenvalue weighted by atomic mass is 9.90. The zero-order chi connectivity index (χ0) is 20.6. The zero-order valence-electron chi connectivity index (χ0n) is 18.0. The van der Waals surface area contributed by atoms with Crippen LogP contribution in [0.1, 0.15) is 53.5 Å². The van der Waals surface area contributed by atoms with Crippen molar-refractivity contribution in [1.82, 2.24) is 4.98 Å². The first kappa shape index (κ1) is 23.0. The minimum atomic E-state index is -0.438. The van der Waals surface area contributed by atoms with Gasteiger partial charge in [-0.25, -0.2) is 4.98 Å². The first-order chi connectivity index (χ1) is 12.8. The average Bonchev–Trinajstić information content (AvgIpc) is 3.09. The Labute approximate surface area is 165 Å². The summed E-state index contributed by atoms with van der Waals surface area (Å²) < 4.78 is 5.63. The van der Waals surface area contributed by atoms with E-state index < -0.39 is 5.60 Å². The largest absolute Gasteiger partial charge is 0.460 e. The third kappa shape index (κ3) is 6.26. The maximum atomic E-state index is 12.6. The van der Waals surface area contributed by atoms with Crippen molar-refractivity contribution < 1.29 is 9.53 Å². The Bertz CT molecular complexity index is 610. The highest BCUT2D eigenvalue weighted by Gasteiger charge is 2.30. The van der Waals surface area contributed by atoms with Crippen LogP contribution in [-0.2, 0) is 16.0 Å². The fourth-order valence-electron chi connectivity index (χ4n) is 3.53. The number of esters is 1. The van der Waals surface area contributed by atoms with Gasteiger partial charge in [0.05, 0.1) is 5.92 Å². The molecule has 2 atom stereocenters. The number of ether oxygens (including phenoxy) is 1. The third-order valence-electron chi connectivity index (χ3n) is 4.77. The quantitative estimate of drug-likeness (QED) is 0.554. The van der Waals surface area contributed by atoms with Crippen LogP contribution in [0.15, 0.2) is 25.4 Å². The maximum absolute atomic E-state index is 12.6. The summed E-state index contributed by atoms with van der Waals surface area (Å²) in [6, 6.07) is 2.09. The number of carbonyl (C=O) groups excluding carboxylic acids is 1. The van der Waals surface area contributed by atoms with Crippen molar-refractivity contribution in [3.63, 3.8) is 0 Å². The Morgan fingerprint density at radius 2 is 2.04 bits per heavy atom. The molecule has 2 rings (SSSR count). The van der Waals surface area contributed by atoms with Crippen LogP contribution in [-0.4, -0.2) is 36.2 Å². The summed E-state index contributed by atoms with van der Waals surface area (Å²) in [6.07, 6.45) is 3.67. The highest BCUT2D eigenvalue weighted by Crippen LogP contribution is 2.31. The van der Waals surface area contributed by atoms with E-state index in [0.717, 1.165) is 38.3 Å². The summed E-state index contributed by atoms with van der Waals surface area (Å²) in [5, 5.41) is 3.34. The topological polar surface area (TPSA) is 54.5 Å².